The topological polar surface area (TPSA) is 90.3 Å². The van der Waals surface area contributed by atoms with Crippen LogP contribution in [0.1, 0.15) is 31.4 Å². The SMILES string of the molecule is COC(=O)CCCCCNC(=O)Cn1nc(C)c2ccccc2c1=O. The van der Waals surface area contributed by atoms with Crippen molar-refractivity contribution >= 4 is 22.6 Å². The molecule has 7 heteroatoms. The highest BCUT2D eigenvalue weighted by molar-refractivity contribution is 5.83. The van der Waals surface area contributed by atoms with Crippen LogP contribution in [0.25, 0.3) is 10.8 Å². The summed E-state index contributed by atoms with van der Waals surface area (Å²) in [7, 11) is 1.37. The summed E-state index contributed by atoms with van der Waals surface area (Å²) in [4.78, 5) is 35.4. The predicted molar refractivity (Wildman–Crippen MR) is 94.2 cm³/mol. The van der Waals surface area contributed by atoms with Gasteiger partial charge in [0.25, 0.3) is 5.56 Å². The fourth-order valence-corrected chi connectivity index (χ4v) is 2.60. The Morgan fingerprint density at radius 1 is 1.16 bits per heavy atom. The van der Waals surface area contributed by atoms with E-state index in [0.29, 0.717) is 24.0 Å². The van der Waals surface area contributed by atoms with E-state index in [1.807, 2.05) is 19.1 Å². The molecule has 0 saturated carbocycles. The Labute approximate surface area is 146 Å². The second-order valence-electron chi connectivity index (χ2n) is 5.83. The van der Waals surface area contributed by atoms with E-state index in [1.165, 1.54) is 11.8 Å². The molecule has 1 aromatic carbocycles. The Kier molecular flexibility index (Phi) is 6.68. The summed E-state index contributed by atoms with van der Waals surface area (Å²) in [6.45, 7) is 2.21. The second-order valence-corrected chi connectivity index (χ2v) is 5.83. The third-order valence-electron chi connectivity index (χ3n) is 3.95. The van der Waals surface area contributed by atoms with Gasteiger partial charge in [0.15, 0.2) is 0 Å². The van der Waals surface area contributed by atoms with Crippen molar-refractivity contribution < 1.29 is 14.3 Å². The van der Waals surface area contributed by atoms with Gasteiger partial charge in [-0.05, 0) is 25.8 Å². The number of aromatic nitrogens is 2. The van der Waals surface area contributed by atoms with Crippen molar-refractivity contribution in [2.45, 2.75) is 39.2 Å². The number of benzene rings is 1. The number of esters is 1. The lowest BCUT2D eigenvalue weighted by molar-refractivity contribution is -0.140. The summed E-state index contributed by atoms with van der Waals surface area (Å²) in [5.74, 6) is -0.474. The molecule has 0 spiro atoms. The molecule has 25 heavy (non-hydrogen) atoms. The average molecular weight is 345 g/mol. The Hall–Kier alpha value is -2.70. The number of fused-ring (bicyclic) bond motifs is 1. The molecule has 1 aromatic heterocycles. The predicted octanol–water partition coefficient (Wildman–Crippen LogP) is 1.55. The van der Waals surface area contributed by atoms with Crippen LogP contribution in [0.3, 0.4) is 0 Å². The van der Waals surface area contributed by atoms with E-state index in [2.05, 4.69) is 15.2 Å². The highest BCUT2D eigenvalue weighted by Crippen LogP contribution is 2.11. The first kappa shape index (κ1) is 18.6. The second kappa shape index (κ2) is 8.96. The van der Waals surface area contributed by atoms with Crippen LogP contribution in [-0.4, -0.2) is 35.3 Å². The van der Waals surface area contributed by atoms with E-state index in [0.717, 1.165) is 24.6 Å². The van der Waals surface area contributed by atoms with Crippen molar-refractivity contribution in [1.29, 1.82) is 0 Å². The smallest absolute Gasteiger partial charge is 0.305 e. The maximum atomic E-state index is 12.4. The van der Waals surface area contributed by atoms with Crippen molar-refractivity contribution in [3.63, 3.8) is 0 Å². The van der Waals surface area contributed by atoms with Crippen molar-refractivity contribution in [2.24, 2.45) is 0 Å². The maximum absolute atomic E-state index is 12.4. The third kappa shape index (κ3) is 5.14. The lowest BCUT2D eigenvalue weighted by Gasteiger charge is -2.09. The van der Waals surface area contributed by atoms with E-state index in [4.69, 9.17) is 0 Å². The molecule has 1 N–H and O–H groups in total. The first-order valence-corrected chi connectivity index (χ1v) is 8.33. The fraction of sp³-hybridized carbons (Fsp3) is 0.444. The summed E-state index contributed by atoms with van der Waals surface area (Å²) >= 11 is 0. The normalized spacial score (nSPS) is 10.6. The zero-order valence-corrected chi connectivity index (χ0v) is 14.6. The first-order chi connectivity index (χ1) is 12.0. The summed E-state index contributed by atoms with van der Waals surface area (Å²) < 4.78 is 5.76. The monoisotopic (exact) mass is 345 g/mol. The van der Waals surface area contributed by atoms with Gasteiger partial charge in [0, 0.05) is 18.4 Å². The van der Waals surface area contributed by atoms with E-state index < -0.39 is 0 Å². The number of hydrogen-bond donors (Lipinski definition) is 1. The van der Waals surface area contributed by atoms with Gasteiger partial charge in [0.1, 0.15) is 6.54 Å². The number of amides is 1. The highest BCUT2D eigenvalue weighted by atomic mass is 16.5. The number of rotatable bonds is 8. The molecule has 0 atom stereocenters. The molecular weight excluding hydrogens is 322 g/mol. The Morgan fingerprint density at radius 2 is 1.88 bits per heavy atom. The van der Waals surface area contributed by atoms with Crippen LogP contribution in [-0.2, 0) is 20.9 Å². The number of carbonyl (C=O) groups is 2. The highest BCUT2D eigenvalue weighted by Gasteiger charge is 2.10. The largest absolute Gasteiger partial charge is 0.469 e. The molecule has 7 nitrogen and oxygen atoms in total. The van der Waals surface area contributed by atoms with Gasteiger partial charge in [-0.25, -0.2) is 4.68 Å². The standard InChI is InChI=1S/C18H23N3O4/c1-13-14-8-5-6-9-15(14)18(24)21(20-13)12-16(22)19-11-7-3-4-10-17(23)25-2/h5-6,8-9H,3-4,7,10-12H2,1-2H3,(H,19,22). The van der Waals surface area contributed by atoms with Gasteiger partial charge in [0.05, 0.1) is 18.2 Å². The molecule has 0 unspecified atom stereocenters. The number of nitrogens with one attached hydrogen (secondary N) is 1. The van der Waals surface area contributed by atoms with Gasteiger partial charge in [-0.2, -0.15) is 5.10 Å². The number of aryl methyl sites for hydroxylation is 1. The summed E-state index contributed by atoms with van der Waals surface area (Å²) in [5.41, 5.74) is 0.445. The van der Waals surface area contributed by atoms with Crippen LogP contribution < -0.4 is 10.9 Å². The molecule has 0 aliphatic carbocycles. The number of methoxy groups -OCH3 is 1. The molecule has 0 aliphatic rings. The van der Waals surface area contributed by atoms with E-state index in [1.54, 1.807) is 12.1 Å². The zero-order valence-electron chi connectivity index (χ0n) is 14.6. The van der Waals surface area contributed by atoms with Gasteiger partial charge in [0.2, 0.25) is 5.91 Å². The Morgan fingerprint density at radius 3 is 2.60 bits per heavy atom. The van der Waals surface area contributed by atoms with Crippen molar-refractivity contribution in [1.82, 2.24) is 15.1 Å². The average Bonchev–Trinajstić information content (AvgIpc) is 2.62. The van der Waals surface area contributed by atoms with Gasteiger partial charge < -0.3 is 10.1 Å². The van der Waals surface area contributed by atoms with Gasteiger partial charge in [-0.1, -0.05) is 24.6 Å². The maximum Gasteiger partial charge on any atom is 0.305 e. The van der Waals surface area contributed by atoms with Crippen molar-refractivity contribution in [3.8, 4) is 0 Å². The molecule has 1 amide bonds. The van der Waals surface area contributed by atoms with Crippen molar-refractivity contribution in [3.05, 3.63) is 40.3 Å². The Bertz CT molecular complexity index is 814. The summed E-state index contributed by atoms with van der Waals surface area (Å²) in [6, 6.07) is 7.23. The summed E-state index contributed by atoms with van der Waals surface area (Å²) in [6.07, 6.45) is 2.71. The van der Waals surface area contributed by atoms with Gasteiger partial charge >= 0.3 is 5.97 Å². The van der Waals surface area contributed by atoms with Gasteiger partial charge in [-0.3, -0.25) is 14.4 Å². The van der Waals surface area contributed by atoms with Crippen LogP contribution in [0.15, 0.2) is 29.1 Å². The molecule has 0 fully saturated rings. The molecule has 134 valence electrons. The van der Waals surface area contributed by atoms with E-state index in [9.17, 15) is 14.4 Å². The minimum atomic E-state index is -0.269. The minimum absolute atomic E-state index is 0.104. The molecule has 0 radical (unpaired) electrons. The third-order valence-corrected chi connectivity index (χ3v) is 3.95. The number of ether oxygens (including phenoxy) is 1. The number of unbranched alkanes of at least 4 members (excludes halogenated alkanes) is 2. The molecule has 0 saturated heterocycles. The van der Waals surface area contributed by atoms with Crippen molar-refractivity contribution in [2.75, 3.05) is 13.7 Å². The van der Waals surface area contributed by atoms with E-state index in [-0.39, 0.29) is 24.0 Å². The molecule has 1 heterocycles. The number of carbonyl (C=O) groups excluding carboxylic acids is 2. The van der Waals surface area contributed by atoms with Crippen LogP contribution in [0.4, 0.5) is 0 Å². The van der Waals surface area contributed by atoms with Crippen LogP contribution >= 0.6 is 0 Å². The first-order valence-electron chi connectivity index (χ1n) is 8.33. The van der Waals surface area contributed by atoms with Crippen LogP contribution in [0, 0.1) is 6.92 Å². The lowest BCUT2D eigenvalue weighted by Crippen LogP contribution is -2.34. The zero-order chi connectivity index (χ0) is 18.2. The number of hydrogen-bond acceptors (Lipinski definition) is 5. The minimum Gasteiger partial charge on any atom is -0.469 e. The van der Waals surface area contributed by atoms with Crippen LogP contribution in [0.5, 0.6) is 0 Å². The lowest BCUT2D eigenvalue weighted by atomic mass is 10.1. The van der Waals surface area contributed by atoms with E-state index >= 15 is 0 Å². The molecular formula is C18H23N3O4. The van der Waals surface area contributed by atoms with Gasteiger partial charge in [-0.15, -0.1) is 0 Å². The number of nitrogens with zero attached hydrogens (tertiary/aromatic N) is 2. The molecule has 2 rings (SSSR count). The molecule has 0 aliphatic heterocycles. The molecule has 2 aromatic rings. The quantitative estimate of drug-likeness (QED) is 0.579. The Balaban J connectivity index is 1.85. The van der Waals surface area contributed by atoms with Crippen LogP contribution in [0.2, 0.25) is 0 Å². The summed E-state index contributed by atoms with van der Waals surface area (Å²) in [5, 5.41) is 8.35. The fourth-order valence-electron chi connectivity index (χ4n) is 2.60. The molecule has 0 bridgehead atoms.